The second-order valence-electron chi connectivity index (χ2n) is 8.08. The number of carbonyl (C=O) groups excluding carboxylic acids is 1. The zero-order valence-corrected chi connectivity index (χ0v) is 25.4. The molecule has 0 radical (unpaired) electrons. The predicted molar refractivity (Wildman–Crippen MR) is 144 cm³/mol. The Bertz CT molecular complexity index is 1690. The number of ether oxygens (including phenoxy) is 1. The molecule has 0 saturated heterocycles. The van der Waals surface area contributed by atoms with Crippen molar-refractivity contribution in [3.63, 3.8) is 0 Å². The number of amides is 1. The Morgan fingerprint density at radius 3 is 2.46 bits per heavy atom. The van der Waals surface area contributed by atoms with Gasteiger partial charge in [-0.15, -0.1) is 0 Å². The van der Waals surface area contributed by atoms with Gasteiger partial charge in [0.25, 0.3) is 16.0 Å². The standard InChI is InChI=1S/C26H21Cl2N3O6S.Na/c1-3-37-21-10-6-9-20(22(21)28)29-26(33)18-12-15-7-4-5-8-17(15)23(24(18)32)31-30-16-11-14(2)25(19(27)13-16)38(34,35)36;/h4-13,32H,3H2,1-2H3,(H,29,33)(H,34,35,36);/q;+1/p-1. The molecule has 4 rings (SSSR count). The van der Waals surface area contributed by atoms with E-state index in [1.807, 2.05) is 0 Å². The summed E-state index contributed by atoms with van der Waals surface area (Å²) in [4.78, 5) is 12.7. The van der Waals surface area contributed by atoms with Gasteiger partial charge in [0.1, 0.15) is 15.7 Å². The fourth-order valence-corrected chi connectivity index (χ4v) is 5.40. The number of anilines is 1. The molecule has 4 aromatic carbocycles. The largest absolute Gasteiger partial charge is 1.00 e. The number of azo groups is 1. The first kappa shape index (κ1) is 30.8. The maximum absolute atomic E-state index is 13.4. The molecular weight excluding hydrogens is 576 g/mol. The number of hydrogen-bond donors (Lipinski definition) is 2. The summed E-state index contributed by atoms with van der Waals surface area (Å²) < 4.78 is 38.0. The van der Waals surface area contributed by atoms with Gasteiger partial charge in [-0.2, -0.15) is 18.6 Å². The molecule has 0 atom stereocenters. The summed E-state index contributed by atoms with van der Waals surface area (Å²) in [5.74, 6) is -1.00. The Balaban J connectivity index is 0.00000420. The monoisotopic (exact) mass is 595 g/mol. The van der Waals surface area contributed by atoms with Crippen molar-refractivity contribution in [1.29, 1.82) is 0 Å². The van der Waals surface area contributed by atoms with Gasteiger partial charge in [0.2, 0.25) is 0 Å². The van der Waals surface area contributed by atoms with E-state index in [1.165, 1.54) is 25.1 Å². The Labute approximate surface area is 256 Å². The van der Waals surface area contributed by atoms with E-state index in [0.29, 0.717) is 23.1 Å². The van der Waals surface area contributed by atoms with E-state index < -0.39 is 26.7 Å². The Kier molecular flexibility index (Phi) is 10.0. The Hall–Kier alpha value is -2.70. The summed E-state index contributed by atoms with van der Waals surface area (Å²) in [6.45, 7) is 3.61. The molecular formula is C26H20Cl2N3NaO6S. The van der Waals surface area contributed by atoms with E-state index in [9.17, 15) is 22.9 Å². The van der Waals surface area contributed by atoms with Crippen molar-refractivity contribution in [3.8, 4) is 11.5 Å². The van der Waals surface area contributed by atoms with Gasteiger partial charge in [-0.3, -0.25) is 9.35 Å². The summed E-state index contributed by atoms with van der Waals surface area (Å²) in [6.07, 6.45) is 0. The third kappa shape index (κ3) is 6.72. The molecule has 4 aromatic rings. The summed E-state index contributed by atoms with van der Waals surface area (Å²) in [6, 6.07) is 15.7. The molecule has 39 heavy (non-hydrogen) atoms. The van der Waals surface area contributed by atoms with Crippen LogP contribution in [-0.2, 0) is 10.1 Å². The predicted octanol–water partition coefficient (Wildman–Crippen LogP) is 3.85. The van der Waals surface area contributed by atoms with E-state index in [4.69, 9.17) is 27.9 Å². The zero-order chi connectivity index (χ0) is 27.6. The van der Waals surface area contributed by atoms with Crippen LogP contribution in [0.4, 0.5) is 17.1 Å². The fourth-order valence-electron chi connectivity index (χ4n) is 3.85. The first-order valence-electron chi connectivity index (χ1n) is 11.2. The van der Waals surface area contributed by atoms with Crippen LogP contribution in [0, 0.1) is 6.92 Å². The number of carbonyl (C=O) groups is 1. The second-order valence-corrected chi connectivity index (χ2v) is 10.2. The topological polar surface area (TPSA) is 140 Å². The SMILES string of the molecule is CCOc1cccc(NC(=O)c2cc3ccccc3c(N=Nc3cc(C)c(S(=O)(=O)O)c(Cl)c3)c2[O-])c1Cl.[Na+]. The summed E-state index contributed by atoms with van der Waals surface area (Å²) >= 11 is 12.4. The van der Waals surface area contributed by atoms with Crippen molar-refractivity contribution in [1.82, 2.24) is 0 Å². The van der Waals surface area contributed by atoms with Crippen LogP contribution in [0.15, 0.2) is 75.8 Å². The fraction of sp³-hybridized carbons (Fsp3) is 0.115. The molecule has 0 aromatic heterocycles. The van der Waals surface area contributed by atoms with Crippen LogP contribution < -0.4 is 44.7 Å². The van der Waals surface area contributed by atoms with Crippen LogP contribution in [0.1, 0.15) is 22.8 Å². The summed E-state index contributed by atoms with van der Waals surface area (Å²) in [7, 11) is -4.55. The minimum atomic E-state index is -4.55. The van der Waals surface area contributed by atoms with E-state index in [2.05, 4.69) is 15.5 Å². The van der Waals surface area contributed by atoms with Crippen molar-refractivity contribution in [3.05, 3.63) is 81.8 Å². The Morgan fingerprint density at radius 2 is 1.79 bits per heavy atom. The number of aryl methyl sites for hydroxylation is 1. The van der Waals surface area contributed by atoms with Gasteiger partial charge in [0.15, 0.2) is 0 Å². The number of nitrogens with one attached hydrogen (secondary N) is 1. The smallest absolute Gasteiger partial charge is 0.870 e. The van der Waals surface area contributed by atoms with Crippen molar-refractivity contribution >= 4 is 67.1 Å². The van der Waals surface area contributed by atoms with Gasteiger partial charge in [0.05, 0.1) is 28.7 Å². The molecule has 0 heterocycles. The minimum Gasteiger partial charge on any atom is -0.870 e. The third-order valence-corrected chi connectivity index (χ3v) is 7.33. The number of hydrogen-bond acceptors (Lipinski definition) is 7. The van der Waals surface area contributed by atoms with Gasteiger partial charge in [-0.25, -0.2) is 0 Å². The van der Waals surface area contributed by atoms with Gasteiger partial charge < -0.3 is 15.2 Å². The number of halogens is 2. The molecule has 0 aliphatic rings. The summed E-state index contributed by atoms with van der Waals surface area (Å²) in [5, 5.41) is 25.2. The number of benzene rings is 4. The third-order valence-electron chi connectivity index (χ3n) is 5.47. The van der Waals surface area contributed by atoms with Crippen LogP contribution in [0.5, 0.6) is 11.5 Å². The normalized spacial score (nSPS) is 11.4. The molecule has 2 N–H and O–H groups in total. The van der Waals surface area contributed by atoms with Gasteiger partial charge in [-0.05, 0) is 55.1 Å². The van der Waals surface area contributed by atoms with Crippen LogP contribution in [0.3, 0.4) is 0 Å². The van der Waals surface area contributed by atoms with Crippen LogP contribution in [0.2, 0.25) is 10.0 Å². The van der Waals surface area contributed by atoms with E-state index in [0.717, 1.165) is 0 Å². The van der Waals surface area contributed by atoms with Crippen LogP contribution in [0.25, 0.3) is 10.8 Å². The molecule has 0 bridgehead atoms. The zero-order valence-electron chi connectivity index (χ0n) is 21.0. The molecule has 0 aliphatic carbocycles. The molecule has 0 unspecified atom stereocenters. The average Bonchev–Trinajstić information content (AvgIpc) is 2.84. The number of rotatable bonds is 7. The first-order chi connectivity index (χ1) is 18.0. The summed E-state index contributed by atoms with van der Waals surface area (Å²) in [5.41, 5.74) is 0.252. The molecule has 0 aliphatic heterocycles. The van der Waals surface area contributed by atoms with Crippen molar-refractivity contribution in [2.75, 3.05) is 11.9 Å². The molecule has 13 heteroatoms. The van der Waals surface area contributed by atoms with E-state index in [1.54, 1.807) is 49.4 Å². The quantitative estimate of drug-likeness (QED) is 0.189. The van der Waals surface area contributed by atoms with Crippen molar-refractivity contribution in [2.45, 2.75) is 18.7 Å². The van der Waals surface area contributed by atoms with Gasteiger partial charge >= 0.3 is 29.6 Å². The number of fused-ring (bicyclic) bond motifs is 1. The average molecular weight is 596 g/mol. The Morgan fingerprint density at radius 1 is 1.08 bits per heavy atom. The van der Waals surface area contributed by atoms with Crippen molar-refractivity contribution in [2.24, 2.45) is 10.2 Å². The molecule has 0 spiro atoms. The molecule has 0 saturated carbocycles. The number of nitrogens with zero attached hydrogens (tertiary/aromatic N) is 2. The molecule has 9 nitrogen and oxygen atoms in total. The van der Waals surface area contributed by atoms with Gasteiger partial charge in [-0.1, -0.05) is 59.3 Å². The molecule has 196 valence electrons. The molecule has 1 amide bonds. The molecule has 0 fully saturated rings. The maximum atomic E-state index is 13.4. The first-order valence-corrected chi connectivity index (χ1v) is 13.4. The van der Waals surface area contributed by atoms with Gasteiger partial charge in [0, 0.05) is 10.9 Å². The van der Waals surface area contributed by atoms with E-state index >= 15 is 0 Å². The second kappa shape index (κ2) is 12.6. The van der Waals surface area contributed by atoms with E-state index in [-0.39, 0.29) is 67.8 Å². The van der Waals surface area contributed by atoms with Crippen LogP contribution >= 0.6 is 23.2 Å². The van der Waals surface area contributed by atoms with Crippen LogP contribution in [-0.4, -0.2) is 25.5 Å². The maximum Gasteiger partial charge on any atom is 1.00 e. The van der Waals surface area contributed by atoms with Crippen molar-refractivity contribution < 1.29 is 57.2 Å². The minimum absolute atomic E-state index is 0.